The molecule has 8 heteroatoms. The number of carbonyl (C=O) groups is 1. The highest BCUT2D eigenvalue weighted by Gasteiger charge is 2.18. The Balaban J connectivity index is 2.35. The summed E-state index contributed by atoms with van der Waals surface area (Å²) in [6.45, 7) is 1.64. The number of nitrogens with zero attached hydrogens (tertiary/aromatic N) is 2. The molecule has 0 spiro atoms. The number of benzene rings is 1. The number of aromatic nitrogens is 2. The number of rotatable bonds is 3. The molecule has 0 radical (unpaired) electrons. The summed E-state index contributed by atoms with van der Waals surface area (Å²) < 4.78 is 0. The van der Waals surface area contributed by atoms with Crippen LogP contribution in [-0.2, 0) is 0 Å². The lowest BCUT2D eigenvalue weighted by Gasteiger charge is -2.08. The highest BCUT2D eigenvalue weighted by Crippen LogP contribution is 2.27. The van der Waals surface area contributed by atoms with Crippen molar-refractivity contribution in [3.8, 4) is 0 Å². The molecule has 2 rings (SSSR count). The molecule has 0 fully saturated rings. The predicted molar refractivity (Wildman–Crippen MR) is 70.6 cm³/mol. The van der Waals surface area contributed by atoms with Crippen molar-refractivity contribution in [1.29, 1.82) is 0 Å². The quantitative estimate of drug-likeness (QED) is 0.644. The molecule has 1 heterocycles. The summed E-state index contributed by atoms with van der Waals surface area (Å²) >= 11 is 0. The summed E-state index contributed by atoms with van der Waals surface area (Å²) in [5.74, 6) is -0.640. The highest BCUT2D eigenvalue weighted by atomic mass is 16.6. The fourth-order valence-electron chi connectivity index (χ4n) is 1.62. The normalized spacial score (nSPS) is 10.1. The molecule has 1 aromatic heterocycles. The molecule has 102 valence electrons. The van der Waals surface area contributed by atoms with E-state index in [4.69, 9.17) is 0 Å². The molecule has 0 saturated heterocycles. The first kappa shape index (κ1) is 13.4. The minimum absolute atomic E-state index is 0.0397. The molecule has 0 aliphatic carbocycles. The minimum Gasteiger partial charge on any atom is -0.315 e. The number of hydrogen-bond acceptors (Lipinski definition) is 5. The number of para-hydroxylation sites is 1. The van der Waals surface area contributed by atoms with Gasteiger partial charge in [0.15, 0.2) is 0 Å². The van der Waals surface area contributed by atoms with Crippen molar-refractivity contribution in [3.05, 3.63) is 62.1 Å². The third kappa shape index (κ3) is 2.69. The lowest BCUT2D eigenvalue weighted by atomic mass is 10.1. The van der Waals surface area contributed by atoms with Crippen molar-refractivity contribution in [2.24, 2.45) is 0 Å². The molecule has 0 saturated carbocycles. The molecule has 8 nitrogen and oxygen atoms in total. The van der Waals surface area contributed by atoms with Crippen molar-refractivity contribution in [3.63, 3.8) is 0 Å². The first-order chi connectivity index (χ1) is 9.49. The van der Waals surface area contributed by atoms with Gasteiger partial charge in [0.25, 0.3) is 17.2 Å². The van der Waals surface area contributed by atoms with Gasteiger partial charge < -0.3 is 5.32 Å². The Kier molecular flexibility index (Phi) is 3.56. The van der Waals surface area contributed by atoms with Crippen molar-refractivity contribution < 1.29 is 9.72 Å². The van der Waals surface area contributed by atoms with Crippen LogP contribution in [0.2, 0.25) is 0 Å². The van der Waals surface area contributed by atoms with E-state index in [0.29, 0.717) is 5.56 Å². The minimum atomic E-state index is -0.640. The number of hydrogen-bond donors (Lipinski definition) is 2. The molecular weight excluding hydrogens is 264 g/mol. The van der Waals surface area contributed by atoms with E-state index in [2.05, 4.69) is 15.5 Å². The monoisotopic (exact) mass is 274 g/mol. The third-order valence-electron chi connectivity index (χ3n) is 2.60. The molecule has 1 aromatic carbocycles. The van der Waals surface area contributed by atoms with Crippen molar-refractivity contribution in [2.45, 2.75) is 6.92 Å². The fraction of sp³-hybridized carbons (Fsp3) is 0.0833. The Morgan fingerprint density at radius 2 is 2.10 bits per heavy atom. The molecule has 2 N–H and O–H groups in total. The van der Waals surface area contributed by atoms with E-state index >= 15 is 0 Å². The van der Waals surface area contributed by atoms with E-state index < -0.39 is 16.4 Å². The van der Waals surface area contributed by atoms with E-state index in [1.807, 2.05) is 0 Å². The topological polar surface area (TPSA) is 118 Å². The number of nitro groups is 1. The van der Waals surface area contributed by atoms with Crippen LogP contribution in [0.25, 0.3) is 0 Å². The SMILES string of the molecule is Cc1cccc([N+](=O)[O-])c1NC(=O)c1ccc(=O)[nH]n1. The van der Waals surface area contributed by atoms with Crippen LogP contribution >= 0.6 is 0 Å². The van der Waals surface area contributed by atoms with Gasteiger partial charge in [0.2, 0.25) is 0 Å². The Morgan fingerprint density at radius 3 is 2.70 bits per heavy atom. The number of aromatic amines is 1. The number of nitrogens with one attached hydrogen (secondary N) is 2. The molecule has 0 unspecified atom stereocenters. The number of carbonyl (C=O) groups excluding carboxylic acids is 1. The van der Waals surface area contributed by atoms with Gasteiger partial charge in [-0.1, -0.05) is 12.1 Å². The second-order valence-electron chi connectivity index (χ2n) is 3.99. The van der Waals surface area contributed by atoms with Gasteiger partial charge in [-0.25, -0.2) is 5.10 Å². The predicted octanol–water partition coefficient (Wildman–Crippen LogP) is 1.24. The van der Waals surface area contributed by atoms with Gasteiger partial charge in [-0.3, -0.25) is 19.7 Å². The van der Waals surface area contributed by atoms with Gasteiger partial charge in [0.1, 0.15) is 11.4 Å². The highest BCUT2D eigenvalue weighted by molar-refractivity contribution is 6.04. The van der Waals surface area contributed by atoms with Gasteiger partial charge >= 0.3 is 0 Å². The molecule has 0 atom stereocenters. The first-order valence-corrected chi connectivity index (χ1v) is 5.60. The van der Waals surface area contributed by atoms with E-state index in [-0.39, 0.29) is 17.1 Å². The van der Waals surface area contributed by atoms with Crippen molar-refractivity contribution >= 4 is 17.3 Å². The number of amides is 1. The lowest BCUT2D eigenvalue weighted by Crippen LogP contribution is -2.18. The summed E-state index contributed by atoms with van der Waals surface area (Å²) in [5, 5.41) is 19.0. The summed E-state index contributed by atoms with van der Waals surface area (Å²) in [6, 6.07) is 6.85. The zero-order valence-corrected chi connectivity index (χ0v) is 10.4. The summed E-state index contributed by atoms with van der Waals surface area (Å²) in [4.78, 5) is 33.1. The standard InChI is InChI=1S/C12H10N4O4/c1-7-3-2-4-9(16(19)20)11(7)13-12(18)8-5-6-10(17)15-14-8/h2-6H,1H3,(H,13,18)(H,15,17). The van der Waals surface area contributed by atoms with Crippen molar-refractivity contribution in [1.82, 2.24) is 10.2 Å². The van der Waals surface area contributed by atoms with E-state index in [9.17, 15) is 19.7 Å². The second kappa shape index (κ2) is 5.31. The van der Waals surface area contributed by atoms with Crippen LogP contribution in [0.1, 0.15) is 16.1 Å². The molecule has 2 aromatic rings. The zero-order valence-electron chi connectivity index (χ0n) is 10.4. The maximum Gasteiger partial charge on any atom is 0.293 e. The van der Waals surface area contributed by atoms with Crippen molar-refractivity contribution in [2.75, 3.05) is 5.32 Å². The van der Waals surface area contributed by atoms with Crippen LogP contribution in [0.15, 0.2) is 35.1 Å². The van der Waals surface area contributed by atoms with Gasteiger partial charge in [-0.2, -0.15) is 5.10 Å². The summed E-state index contributed by atoms with van der Waals surface area (Å²) in [7, 11) is 0. The Labute approximate surface area is 112 Å². The molecule has 0 aliphatic rings. The fourth-order valence-corrected chi connectivity index (χ4v) is 1.62. The van der Waals surface area contributed by atoms with Crippen LogP contribution < -0.4 is 10.9 Å². The van der Waals surface area contributed by atoms with Gasteiger partial charge in [-0.15, -0.1) is 0 Å². The number of anilines is 1. The first-order valence-electron chi connectivity index (χ1n) is 5.60. The smallest absolute Gasteiger partial charge is 0.293 e. The molecule has 0 aliphatic heterocycles. The van der Waals surface area contributed by atoms with Gasteiger partial charge in [0, 0.05) is 12.1 Å². The molecule has 20 heavy (non-hydrogen) atoms. The van der Waals surface area contributed by atoms with E-state index in [1.165, 1.54) is 18.2 Å². The second-order valence-corrected chi connectivity index (χ2v) is 3.99. The molecule has 0 bridgehead atoms. The average Bonchev–Trinajstić information content (AvgIpc) is 2.41. The Morgan fingerprint density at radius 1 is 1.35 bits per heavy atom. The number of aryl methyl sites for hydroxylation is 1. The Hall–Kier alpha value is -3.03. The van der Waals surface area contributed by atoms with Gasteiger partial charge in [0.05, 0.1) is 4.92 Å². The number of H-pyrrole nitrogens is 1. The van der Waals surface area contributed by atoms with E-state index in [1.54, 1.807) is 13.0 Å². The van der Waals surface area contributed by atoms with Crippen LogP contribution in [-0.4, -0.2) is 21.0 Å². The van der Waals surface area contributed by atoms with E-state index in [0.717, 1.165) is 6.07 Å². The van der Waals surface area contributed by atoms with Crippen LogP contribution in [0.3, 0.4) is 0 Å². The maximum atomic E-state index is 11.9. The van der Waals surface area contributed by atoms with Crippen LogP contribution in [0.4, 0.5) is 11.4 Å². The average molecular weight is 274 g/mol. The number of nitro benzene ring substituents is 1. The largest absolute Gasteiger partial charge is 0.315 e. The summed E-state index contributed by atoms with van der Waals surface area (Å²) in [6.07, 6.45) is 0. The zero-order chi connectivity index (χ0) is 14.7. The molecule has 1 amide bonds. The lowest BCUT2D eigenvalue weighted by molar-refractivity contribution is -0.383. The van der Waals surface area contributed by atoms with Gasteiger partial charge in [-0.05, 0) is 18.6 Å². The van der Waals surface area contributed by atoms with Crippen LogP contribution in [0, 0.1) is 17.0 Å². The maximum absolute atomic E-state index is 11.9. The summed E-state index contributed by atoms with van der Waals surface area (Å²) in [5.41, 5.74) is -0.0270. The Bertz CT molecular complexity index is 718. The third-order valence-corrected chi connectivity index (χ3v) is 2.60. The van der Waals surface area contributed by atoms with Crippen LogP contribution in [0.5, 0.6) is 0 Å². The molecular formula is C12H10N4O4.